The lowest BCUT2D eigenvalue weighted by Crippen LogP contribution is -2.07. The highest BCUT2D eigenvalue weighted by atomic mass is 16.5. The molecule has 4 nitrogen and oxygen atoms in total. The topological polar surface area (TPSA) is 67.5 Å². The number of ether oxygens (including phenoxy) is 1. The van der Waals surface area contributed by atoms with Crippen LogP contribution < -0.4 is 15.8 Å². The molecule has 0 radical (unpaired) electrons. The smallest absolute Gasteiger partial charge is 0.123 e. The Hall–Kier alpha value is -1.42. The predicted octanol–water partition coefficient (Wildman–Crippen LogP) is 2.49. The lowest BCUT2D eigenvalue weighted by Gasteiger charge is -2.11. The van der Waals surface area contributed by atoms with Gasteiger partial charge >= 0.3 is 0 Å². The first-order valence-corrected chi connectivity index (χ1v) is 6.53. The van der Waals surface area contributed by atoms with Crippen LogP contribution in [0.25, 0.3) is 0 Å². The number of aliphatic hydroxyl groups is 1. The predicted molar refractivity (Wildman–Crippen MR) is 76.0 cm³/mol. The summed E-state index contributed by atoms with van der Waals surface area (Å²) in [5, 5.41) is 12.3. The first-order valence-electron chi connectivity index (χ1n) is 6.53. The molecule has 1 atom stereocenters. The summed E-state index contributed by atoms with van der Waals surface area (Å²) < 4.78 is 5.44. The molecule has 4 heteroatoms. The third-order valence-corrected chi connectivity index (χ3v) is 2.75. The number of nitrogens with one attached hydrogen (secondary N) is 1. The van der Waals surface area contributed by atoms with Crippen LogP contribution in [0.3, 0.4) is 0 Å². The zero-order valence-electron chi connectivity index (χ0n) is 11.3. The molecular formula is C14H24N2O2. The Morgan fingerprint density at radius 2 is 2.17 bits per heavy atom. The van der Waals surface area contributed by atoms with Crippen LogP contribution >= 0.6 is 0 Å². The lowest BCUT2D eigenvalue weighted by molar-refractivity contribution is 0.229. The molecule has 0 spiro atoms. The van der Waals surface area contributed by atoms with E-state index in [1.165, 1.54) is 0 Å². The van der Waals surface area contributed by atoms with Gasteiger partial charge in [-0.2, -0.15) is 0 Å². The number of hydrogen-bond donors (Lipinski definition) is 3. The third kappa shape index (κ3) is 5.27. The third-order valence-electron chi connectivity index (χ3n) is 2.75. The number of benzene rings is 1. The molecule has 0 fully saturated rings. The van der Waals surface area contributed by atoms with Gasteiger partial charge in [0.1, 0.15) is 5.75 Å². The summed E-state index contributed by atoms with van der Waals surface area (Å²) in [6.45, 7) is 5.77. The Labute approximate surface area is 109 Å². The van der Waals surface area contributed by atoms with Crippen LogP contribution in [0.2, 0.25) is 0 Å². The molecule has 0 aromatic heterocycles. The molecule has 0 saturated heterocycles. The van der Waals surface area contributed by atoms with Crippen LogP contribution in [0.1, 0.15) is 26.7 Å². The van der Waals surface area contributed by atoms with Crippen molar-refractivity contribution in [1.29, 1.82) is 0 Å². The average molecular weight is 252 g/mol. The van der Waals surface area contributed by atoms with E-state index in [0.717, 1.165) is 30.8 Å². The fourth-order valence-corrected chi connectivity index (χ4v) is 1.75. The van der Waals surface area contributed by atoms with Crippen molar-refractivity contribution in [3.63, 3.8) is 0 Å². The van der Waals surface area contributed by atoms with Crippen molar-refractivity contribution in [3.8, 4) is 5.75 Å². The zero-order chi connectivity index (χ0) is 13.4. The van der Waals surface area contributed by atoms with E-state index in [0.29, 0.717) is 18.2 Å². The number of hydrogen-bond acceptors (Lipinski definition) is 4. The summed E-state index contributed by atoms with van der Waals surface area (Å²) in [6, 6.07) is 5.68. The summed E-state index contributed by atoms with van der Waals surface area (Å²) in [4.78, 5) is 0. The normalized spacial score (nSPS) is 12.2. The Balaban J connectivity index is 2.41. The molecule has 1 aromatic rings. The van der Waals surface area contributed by atoms with Gasteiger partial charge in [0.05, 0.1) is 6.61 Å². The van der Waals surface area contributed by atoms with E-state index in [4.69, 9.17) is 15.6 Å². The minimum Gasteiger partial charge on any atom is -0.494 e. The standard InChI is InChI=1S/C14H24N2O2/c1-3-18-14-8-12(15)7-13(9-14)16-6-4-5-11(2)10-17/h7-9,11,16-17H,3-6,10,15H2,1-2H3. The Bertz CT molecular complexity index is 356. The highest BCUT2D eigenvalue weighted by Crippen LogP contribution is 2.22. The van der Waals surface area contributed by atoms with Gasteiger partial charge in [0.15, 0.2) is 0 Å². The summed E-state index contributed by atoms with van der Waals surface area (Å²) in [7, 11) is 0. The Morgan fingerprint density at radius 1 is 1.39 bits per heavy atom. The van der Waals surface area contributed by atoms with E-state index >= 15 is 0 Å². The molecule has 0 aliphatic heterocycles. The maximum Gasteiger partial charge on any atom is 0.123 e. The van der Waals surface area contributed by atoms with Crippen molar-refractivity contribution in [2.24, 2.45) is 5.92 Å². The minimum atomic E-state index is 0.257. The number of nitrogens with two attached hydrogens (primary N) is 1. The van der Waals surface area contributed by atoms with E-state index < -0.39 is 0 Å². The van der Waals surface area contributed by atoms with Gasteiger partial charge in [-0.15, -0.1) is 0 Å². The number of aliphatic hydroxyl groups excluding tert-OH is 1. The van der Waals surface area contributed by atoms with Gasteiger partial charge in [-0.3, -0.25) is 0 Å². The summed E-state index contributed by atoms with van der Waals surface area (Å²) in [6.07, 6.45) is 2.05. The van der Waals surface area contributed by atoms with Crippen molar-refractivity contribution in [3.05, 3.63) is 18.2 Å². The molecule has 0 aliphatic carbocycles. The van der Waals surface area contributed by atoms with Gasteiger partial charge < -0.3 is 20.9 Å². The monoisotopic (exact) mass is 252 g/mol. The van der Waals surface area contributed by atoms with Crippen molar-refractivity contribution in [1.82, 2.24) is 0 Å². The minimum absolute atomic E-state index is 0.257. The molecule has 1 rings (SSSR count). The molecule has 0 saturated carbocycles. The van der Waals surface area contributed by atoms with Crippen LogP contribution in [0.5, 0.6) is 5.75 Å². The molecule has 0 bridgehead atoms. The maximum atomic E-state index is 8.93. The van der Waals surface area contributed by atoms with Crippen LogP contribution in [-0.4, -0.2) is 24.9 Å². The SMILES string of the molecule is CCOc1cc(N)cc(NCCCC(C)CO)c1. The second kappa shape index (κ2) is 7.82. The Morgan fingerprint density at radius 3 is 2.83 bits per heavy atom. The number of anilines is 2. The Kier molecular flexibility index (Phi) is 6.36. The average Bonchev–Trinajstić information content (AvgIpc) is 2.34. The van der Waals surface area contributed by atoms with Crippen molar-refractivity contribution < 1.29 is 9.84 Å². The fourth-order valence-electron chi connectivity index (χ4n) is 1.75. The van der Waals surface area contributed by atoms with Crippen molar-refractivity contribution >= 4 is 11.4 Å². The quantitative estimate of drug-likeness (QED) is 0.491. The van der Waals surface area contributed by atoms with Gasteiger partial charge in [-0.25, -0.2) is 0 Å². The second-order valence-corrected chi connectivity index (χ2v) is 4.58. The summed E-state index contributed by atoms with van der Waals surface area (Å²) in [5.41, 5.74) is 7.49. The van der Waals surface area contributed by atoms with E-state index in [2.05, 4.69) is 5.32 Å². The highest BCUT2D eigenvalue weighted by molar-refractivity contribution is 5.59. The number of nitrogen functional groups attached to an aromatic ring is 1. The zero-order valence-corrected chi connectivity index (χ0v) is 11.3. The largest absolute Gasteiger partial charge is 0.494 e. The molecule has 0 heterocycles. The van der Waals surface area contributed by atoms with Crippen LogP contribution in [0.15, 0.2) is 18.2 Å². The van der Waals surface area contributed by atoms with Gasteiger partial charge in [-0.05, 0) is 31.7 Å². The van der Waals surface area contributed by atoms with Crippen LogP contribution in [0.4, 0.5) is 11.4 Å². The van der Waals surface area contributed by atoms with E-state index in [9.17, 15) is 0 Å². The van der Waals surface area contributed by atoms with Crippen molar-refractivity contribution in [2.45, 2.75) is 26.7 Å². The lowest BCUT2D eigenvalue weighted by atomic mass is 10.1. The van der Waals surface area contributed by atoms with Gasteiger partial charge in [0.25, 0.3) is 0 Å². The molecule has 102 valence electrons. The van der Waals surface area contributed by atoms with Gasteiger partial charge in [0, 0.05) is 36.7 Å². The molecule has 0 aliphatic rings. The molecule has 1 aromatic carbocycles. The molecule has 4 N–H and O–H groups in total. The second-order valence-electron chi connectivity index (χ2n) is 4.58. The summed E-state index contributed by atoms with van der Waals surface area (Å²) in [5.74, 6) is 1.16. The molecular weight excluding hydrogens is 228 g/mol. The first-order chi connectivity index (χ1) is 8.65. The first kappa shape index (κ1) is 14.6. The van der Waals surface area contributed by atoms with Crippen LogP contribution in [-0.2, 0) is 0 Å². The number of rotatable bonds is 8. The van der Waals surface area contributed by atoms with Gasteiger partial charge in [-0.1, -0.05) is 6.92 Å². The fraction of sp³-hybridized carbons (Fsp3) is 0.571. The maximum absolute atomic E-state index is 8.93. The molecule has 18 heavy (non-hydrogen) atoms. The highest BCUT2D eigenvalue weighted by Gasteiger charge is 2.01. The van der Waals surface area contributed by atoms with Crippen LogP contribution in [0, 0.1) is 5.92 Å². The molecule has 1 unspecified atom stereocenters. The van der Waals surface area contributed by atoms with E-state index in [1.54, 1.807) is 0 Å². The summed E-state index contributed by atoms with van der Waals surface area (Å²) >= 11 is 0. The van der Waals surface area contributed by atoms with Crippen molar-refractivity contribution in [2.75, 3.05) is 30.8 Å². The van der Waals surface area contributed by atoms with E-state index in [1.807, 2.05) is 32.0 Å². The van der Waals surface area contributed by atoms with Gasteiger partial charge in [0.2, 0.25) is 0 Å². The molecule has 0 amide bonds. The van der Waals surface area contributed by atoms with E-state index in [-0.39, 0.29) is 6.61 Å².